The molecule has 0 saturated carbocycles. The molecule has 4 aromatic rings. The van der Waals surface area contributed by atoms with E-state index >= 15 is 0 Å². The number of ether oxygens (including phenoxy) is 1. The van der Waals surface area contributed by atoms with Crippen molar-refractivity contribution < 1.29 is 26.7 Å². The van der Waals surface area contributed by atoms with Crippen LogP contribution in [0.4, 0.5) is 13.2 Å². The van der Waals surface area contributed by atoms with Crippen LogP contribution in [0.25, 0.3) is 33.3 Å². The van der Waals surface area contributed by atoms with Gasteiger partial charge in [0.05, 0.1) is 12.2 Å². The molecular formula is C19H12F3O3. The third kappa shape index (κ3) is 2.54. The van der Waals surface area contributed by atoms with E-state index in [0.29, 0.717) is 17.9 Å². The molecule has 0 aliphatic carbocycles. The van der Waals surface area contributed by atoms with E-state index in [2.05, 4.69) is 0 Å². The lowest BCUT2D eigenvalue weighted by Gasteiger charge is -2.11. The Morgan fingerprint density at radius 3 is 2.60 bits per heavy atom. The van der Waals surface area contributed by atoms with Crippen LogP contribution in [0, 0.1) is 6.26 Å². The molecule has 0 aliphatic rings. The number of fused-ring (bicyclic) bond motifs is 2. The fourth-order valence-corrected chi connectivity index (χ4v) is 2.88. The lowest BCUT2D eigenvalue weighted by molar-refractivity contribution is -0.137. The van der Waals surface area contributed by atoms with Crippen LogP contribution in [0.3, 0.4) is 0 Å². The number of benzene rings is 2. The number of rotatable bonds is 3. The molecule has 2 aromatic heterocycles. The molecule has 2 aromatic carbocycles. The van der Waals surface area contributed by atoms with Crippen LogP contribution in [0.15, 0.2) is 51.3 Å². The Morgan fingerprint density at radius 1 is 1.08 bits per heavy atom. The van der Waals surface area contributed by atoms with Crippen LogP contribution in [0.1, 0.15) is 12.5 Å². The van der Waals surface area contributed by atoms with Crippen molar-refractivity contribution >= 4 is 21.9 Å². The molecule has 127 valence electrons. The summed E-state index contributed by atoms with van der Waals surface area (Å²) in [6, 6.07) is 11.9. The lowest BCUT2D eigenvalue weighted by Crippen LogP contribution is -2.04. The second-order valence-electron chi connectivity index (χ2n) is 5.47. The zero-order chi connectivity index (χ0) is 17.6. The van der Waals surface area contributed by atoms with Gasteiger partial charge >= 0.3 is 6.18 Å². The minimum Gasteiger partial charge on any atom is -0.493 e. The first kappa shape index (κ1) is 15.6. The first-order valence-corrected chi connectivity index (χ1v) is 7.65. The highest BCUT2D eigenvalue weighted by molar-refractivity contribution is 6.00. The summed E-state index contributed by atoms with van der Waals surface area (Å²) in [5.74, 6) is 0.588. The normalized spacial score (nSPS) is 12.2. The maximum atomic E-state index is 13.4. The third-order valence-electron chi connectivity index (χ3n) is 3.90. The summed E-state index contributed by atoms with van der Waals surface area (Å²) in [5, 5.41) is 0.676. The van der Waals surface area contributed by atoms with Crippen LogP contribution in [0.5, 0.6) is 5.75 Å². The Kier molecular flexibility index (Phi) is 3.49. The molecule has 1 radical (unpaired) electrons. The molecule has 0 fully saturated rings. The molecule has 3 nitrogen and oxygen atoms in total. The maximum Gasteiger partial charge on any atom is 0.420 e. The van der Waals surface area contributed by atoms with Crippen molar-refractivity contribution in [2.45, 2.75) is 13.1 Å². The first-order chi connectivity index (χ1) is 12.0. The molecule has 6 heteroatoms. The predicted molar refractivity (Wildman–Crippen MR) is 86.4 cm³/mol. The fraction of sp³-hybridized carbons (Fsp3) is 0.158. The highest BCUT2D eigenvalue weighted by Gasteiger charge is 2.37. The van der Waals surface area contributed by atoms with Crippen LogP contribution in [-0.2, 0) is 6.18 Å². The van der Waals surface area contributed by atoms with Crippen LogP contribution in [-0.4, -0.2) is 6.61 Å². The van der Waals surface area contributed by atoms with E-state index in [-0.39, 0.29) is 22.3 Å². The number of hydrogen-bond donors (Lipinski definition) is 0. The van der Waals surface area contributed by atoms with Gasteiger partial charge in [0, 0.05) is 10.8 Å². The number of hydrogen-bond acceptors (Lipinski definition) is 3. The Hall–Kier alpha value is -2.89. The molecular weight excluding hydrogens is 333 g/mol. The average Bonchev–Trinajstić information content (AvgIpc) is 3.18. The molecule has 0 atom stereocenters. The first-order valence-electron chi connectivity index (χ1n) is 7.65. The van der Waals surface area contributed by atoms with Crippen molar-refractivity contribution in [2.24, 2.45) is 0 Å². The summed E-state index contributed by atoms with van der Waals surface area (Å²) in [7, 11) is 0. The molecule has 0 amide bonds. The molecule has 25 heavy (non-hydrogen) atoms. The van der Waals surface area contributed by atoms with Gasteiger partial charge in [-0.15, -0.1) is 0 Å². The van der Waals surface area contributed by atoms with Gasteiger partial charge in [-0.25, -0.2) is 0 Å². The van der Waals surface area contributed by atoms with Crippen molar-refractivity contribution in [1.29, 1.82) is 0 Å². The lowest BCUT2D eigenvalue weighted by atomic mass is 10.0. The van der Waals surface area contributed by atoms with Crippen molar-refractivity contribution in [1.82, 2.24) is 0 Å². The molecule has 0 bridgehead atoms. The molecule has 0 spiro atoms. The topological polar surface area (TPSA) is 35.5 Å². The Balaban J connectivity index is 2.08. The quantitative estimate of drug-likeness (QED) is 0.452. The summed E-state index contributed by atoms with van der Waals surface area (Å²) >= 11 is 0. The summed E-state index contributed by atoms with van der Waals surface area (Å²) in [6.07, 6.45) is -2.63. The third-order valence-corrected chi connectivity index (χ3v) is 3.90. The predicted octanol–water partition coefficient (Wildman–Crippen LogP) is 6.06. The minimum atomic E-state index is -4.60. The molecule has 0 N–H and O–H groups in total. The molecule has 2 heterocycles. The SMILES string of the molecule is CCOc1ccc2o[c]c(C(F)(F)F)c2c1-c1cc2ccccc2o1. The standard InChI is InChI=1S/C19H12F3O3/c1-2-23-15-8-7-14-17(12(10-24-14)19(20,21)22)18(15)16-9-11-5-3-4-6-13(11)25-16/h3-9H,2H2,1H3. The maximum absolute atomic E-state index is 13.4. The molecule has 0 saturated heterocycles. The number of para-hydroxylation sites is 1. The van der Waals surface area contributed by atoms with Crippen LogP contribution < -0.4 is 4.74 Å². The highest BCUT2D eigenvalue weighted by atomic mass is 19.4. The van der Waals surface area contributed by atoms with E-state index in [4.69, 9.17) is 13.6 Å². The second kappa shape index (κ2) is 5.58. The van der Waals surface area contributed by atoms with E-state index in [1.54, 1.807) is 31.2 Å². The molecule has 0 unspecified atom stereocenters. The van der Waals surface area contributed by atoms with Crippen LogP contribution >= 0.6 is 0 Å². The van der Waals surface area contributed by atoms with Gasteiger partial charge in [0.1, 0.15) is 28.2 Å². The Morgan fingerprint density at radius 2 is 1.88 bits per heavy atom. The minimum absolute atomic E-state index is 0.0752. The smallest absolute Gasteiger partial charge is 0.420 e. The van der Waals surface area contributed by atoms with Gasteiger partial charge in [-0.05, 0) is 31.2 Å². The monoisotopic (exact) mass is 345 g/mol. The summed E-state index contributed by atoms with van der Waals surface area (Å²) in [6.45, 7) is 2.07. The molecule has 0 aliphatic heterocycles. The van der Waals surface area contributed by atoms with Gasteiger partial charge in [0.25, 0.3) is 0 Å². The number of alkyl halides is 3. The Labute approximate surface area is 140 Å². The van der Waals surface area contributed by atoms with E-state index in [9.17, 15) is 13.2 Å². The van der Waals surface area contributed by atoms with E-state index in [1.807, 2.05) is 18.4 Å². The van der Waals surface area contributed by atoms with Gasteiger partial charge in [0.15, 0.2) is 6.26 Å². The summed E-state index contributed by atoms with van der Waals surface area (Å²) in [4.78, 5) is 0. The summed E-state index contributed by atoms with van der Waals surface area (Å²) in [5.41, 5.74) is -0.100. The largest absolute Gasteiger partial charge is 0.493 e. The Bertz CT molecular complexity index is 1020. The molecule has 4 rings (SSSR count). The van der Waals surface area contributed by atoms with Gasteiger partial charge in [-0.2, -0.15) is 13.2 Å². The summed E-state index contributed by atoms with van der Waals surface area (Å²) < 4.78 is 56.6. The average molecular weight is 345 g/mol. The van der Waals surface area contributed by atoms with Crippen molar-refractivity contribution in [2.75, 3.05) is 6.61 Å². The van der Waals surface area contributed by atoms with Gasteiger partial charge in [-0.3, -0.25) is 0 Å². The van der Waals surface area contributed by atoms with E-state index in [0.717, 1.165) is 5.39 Å². The zero-order valence-corrected chi connectivity index (χ0v) is 13.1. The number of furan rings is 2. The number of halogens is 3. The highest BCUT2D eigenvalue weighted by Crippen LogP contribution is 2.45. The van der Waals surface area contributed by atoms with Crippen molar-refractivity contribution in [3.05, 3.63) is 54.3 Å². The van der Waals surface area contributed by atoms with Crippen molar-refractivity contribution in [3.63, 3.8) is 0 Å². The fourth-order valence-electron chi connectivity index (χ4n) is 2.88. The van der Waals surface area contributed by atoms with Gasteiger partial charge in [0.2, 0.25) is 0 Å². The van der Waals surface area contributed by atoms with Crippen molar-refractivity contribution in [3.8, 4) is 17.1 Å². The van der Waals surface area contributed by atoms with Gasteiger partial charge < -0.3 is 13.6 Å². The second-order valence-corrected chi connectivity index (χ2v) is 5.47. The van der Waals surface area contributed by atoms with Gasteiger partial charge in [-0.1, -0.05) is 18.2 Å². The zero-order valence-electron chi connectivity index (χ0n) is 13.1. The van der Waals surface area contributed by atoms with E-state index < -0.39 is 11.7 Å². The van der Waals surface area contributed by atoms with Crippen LogP contribution in [0.2, 0.25) is 0 Å². The van der Waals surface area contributed by atoms with E-state index in [1.165, 1.54) is 6.07 Å².